The van der Waals surface area contributed by atoms with Gasteiger partial charge in [-0.3, -0.25) is 0 Å². The first-order valence-corrected chi connectivity index (χ1v) is 5.91. The molecule has 0 aliphatic carbocycles. The van der Waals surface area contributed by atoms with E-state index in [1.807, 2.05) is 19.2 Å². The Kier molecular flexibility index (Phi) is 6.32. The first-order valence-electron chi connectivity index (χ1n) is 5.91. The molecule has 1 aromatic rings. The van der Waals surface area contributed by atoms with Gasteiger partial charge in [0.2, 0.25) is 0 Å². The van der Waals surface area contributed by atoms with Gasteiger partial charge in [0.25, 0.3) is 0 Å². The van der Waals surface area contributed by atoms with Crippen LogP contribution in [0.2, 0.25) is 0 Å². The molecule has 0 fully saturated rings. The van der Waals surface area contributed by atoms with Crippen molar-refractivity contribution in [3.05, 3.63) is 17.7 Å². The van der Waals surface area contributed by atoms with Gasteiger partial charge in [0.1, 0.15) is 5.75 Å². The highest BCUT2D eigenvalue weighted by Crippen LogP contribution is 2.34. The number of ether oxygens (including phenoxy) is 3. The Morgan fingerprint density at radius 2 is 1.56 bits per heavy atom. The maximum atomic E-state index is 5.37. The molecular weight excluding hydrogens is 232 g/mol. The van der Waals surface area contributed by atoms with Gasteiger partial charge in [0, 0.05) is 19.3 Å². The number of benzene rings is 1. The second-order valence-corrected chi connectivity index (χ2v) is 3.80. The third kappa shape index (κ3) is 3.78. The largest absolute Gasteiger partial charge is 0.496 e. The van der Waals surface area contributed by atoms with E-state index in [0.717, 1.165) is 36.7 Å². The Morgan fingerprint density at radius 3 is 2.11 bits per heavy atom. The number of nitrogens with one attached hydrogen (secondary N) is 2. The molecule has 2 N–H and O–H groups in total. The molecular formula is C13H22N2O3. The van der Waals surface area contributed by atoms with Crippen molar-refractivity contribution >= 4 is 0 Å². The molecule has 18 heavy (non-hydrogen) atoms. The second kappa shape index (κ2) is 7.79. The topological polar surface area (TPSA) is 51.8 Å². The average molecular weight is 254 g/mol. The van der Waals surface area contributed by atoms with Gasteiger partial charge in [-0.25, -0.2) is 0 Å². The van der Waals surface area contributed by atoms with Crippen LogP contribution in [0.5, 0.6) is 17.2 Å². The molecule has 5 heteroatoms. The highest BCUT2D eigenvalue weighted by atomic mass is 16.5. The molecule has 0 unspecified atom stereocenters. The van der Waals surface area contributed by atoms with Crippen LogP contribution >= 0.6 is 0 Å². The predicted molar refractivity (Wildman–Crippen MR) is 71.7 cm³/mol. The smallest absolute Gasteiger partial charge is 0.164 e. The standard InChI is InChI=1S/C13H22N2O3/c1-14-9-15-6-5-10-7-12(17-3)13(18-4)8-11(10)16-2/h7-8,14-15H,5-6,9H2,1-4H3. The van der Waals surface area contributed by atoms with Crippen LogP contribution in [0.1, 0.15) is 5.56 Å². The Labute approximate surface area is 108 Å². The van der Waals surface area contributed by atoms with E-state index in [1.54, 1.807) is 21.3 Å². The summed E-state index contributed by atoms with van der Waals surface area (Å²) in [6.45, 7) is 1.66. The zero-order chi connectivity index (χ0) is 13.4. The Balaban J connectivity index is 2.81. The molecule has 1 aromatic carbocycles. The van der Waals surface area contributed by atoms with Crippen molar-refractivity contribution in [2.75, 3.05) is 41.6 Å². The van der Waals surface area contributed by atoms with Crippen molar-refractivity contribution in [1.82, 2.24) is 10.6 Å². The lowest BCUT2D eigenvalue weighted by molar-refractivity contribution is 0.347. The van der Waals surface area contributed by atoms with Crippen molar-refractivity contribution in [3.63, 3.8) is 0 Å². The lowest BCUT2D eigenvalue weighted by Crippen LogP contribution is -2.27. The number of rotatable bonds is 8. The van der Waals surface area contributed by atoms with E-state index >= 15 is 0 Å². The molecule has 0 bridgehead atoms. The van der Waals surface area contributed by atoms with Crippen molar-refractivity contribution in [2.24, 2.45) is 0 Å². The minimum absolute atomic E-state index is 0.682. The molecule has 5 nitrogen and oxygen atoms in total. The lowest BCUT2D eigenvalue weighted by atomic mass is 10.1. The molecule has 1 rings (SSSR count). The fraction of sp³-hybridized carbons (Fsp3) is 0.538. The van der Waals surface area contributed by atoms with Gasteiger partial charge in [-0.05, 0) is 25.1 Å². The van der Waals surface area contributed by atoms with Crippen LogP contribution in [0.15, 0.2) is 12.1 Å². The van der Waals surface area contributed by atoms with Crippen molar-refractivity contribution in [2.45, 2.75) is 6.42 Å². The van der Waals surface area contributed by atoms with Crippen LogP contribution in [0.4, 0.5) is 0 Å². The van der Waals surface area contributed by atoms with E-state index in [1.165, 1.54) is 0 Å². The number of hydrogen-bond acceptors (Lipinski definition) is 5. The van der Waals surface area contributed by atoms with Gasteiger partial charge in [-0.1, -0.05) is 0 Å². The van der Waals surface area contributed by atoms with Gasteiger partial charge < -0.3 is 24.8 Å². The van der Waals surface area contributed by atoms with E-state index in [2.05, 4.69) is 10.6 Å². The molecule has 102 valence electrons. The van der Waals surface area contributed by atoms with Gasteiger partial charge in [-0.2, -0.15) is 0 Å². The van der Waals surface area contributed by atoms with Crippen LogP contribution in [0.25, 0.3) is 0 Å². The van der Waals surface area contributed by atoms with Crippen LogP contribution in [-0.2, 0) is 6.42 Å². The summed E-state index contributed by atoms with van der Waals surface area (Å²) in [4.78, 5) is 0. The monoisotopic (exact) mass is 254 g/mol. The van der Waals surface area contributed by atoms with Gasteiger partial charge >= 0.3 is 0 Å². The van der Waals surface area contributed by atoms with Crippen molar-refractivity contribution in [1.29, 1.82) is 0 Å². The van der Waals surface area contributed by atoms with Crippen LogP contribution < -0.4 is 24.8 Å². The number of methoxy groups -OCH3 is 3. The summed E-state index contributed by atoms with van der Waals surface area (Å²) in [5.41, 5.74) is 1.10. The first kappa shape index (κ1) is 14.6. The number of hydrogen-bond donors (Lipinski definition) is 2. The van der Waals surface area contributed by atoms with Crippen molar-refractivity contribution < 1.29 is 14.2 Å². The zero-order valence-electron chi connectivity index (χ0n) is 11.5. The van der Waals surface area contributed by atoms with Crippen LogP contribution in [0, 0.1) is 0 Å². The SMILES string of the molecule is CNCNCCc1cc(OC)c(OC)cc1OC. The average Bonchev–Trinajstić information content (AvgIpc) is 2.42. The fourth-order valence-corrected chi connectivity index (χ4v) is 1.72. The second-order valence-electron chi connectivity index (χ2n) is 3.80. The minimum Gasteiger partial charge on any atom is -0.496 e. The molecule has 0 radical (unpaired) electrons. The molecule has 0 saturated carbocycles. The quantitative estimate of drug-likeness (QED) is 0.536. The summed E-state index contributed by atoms with van der Waals surface area (Å²) in [5.74, 6) is 2.22. The molecule has 0 saturated heterocycles. The van der Waals surface area contributed by atoms with E-state index < -0.39 is 0 Å². The summed E-state index contributed by atoms with van der Waals surface area (Å²) in [5, 5.41) is 6.30. The molecule has 0 aromatic heterocycles. The molecule has 0 aliphatic heterocycles. The summed E-state index contributed by atoms with van der Waals surface area (Å²) in [6.07, 6.45) is 0.866. The maximum absolute atomic E-state index is 5.37. The Bertz CT molecular complexity index is 369. The molecule has 0 spiro atoms. The predicted octanol–water partition coefficient (Wildman–Crippen LogP) is 1.02. The highest BCUT2D eigenvalue weighted by Gasteiger charge is 2.11. The van der Waals surface area contributed by atoms with Crippen LogP contribution in [0.3, 0.4) is 0 Å². The Morgan fingerprint density at radius 1 is 0.944 bits per heavy atom. The summed E-state index contributed by atoms with van der Waals surface area (Å²) in [6, 6.07) is 3.81. The van der Waals surface area contributed by atoms with Crippen LogP contribution in [-0.4, -0.2) is 41.6 Å². The van der Waals surface area contributed by atoms with E-state index in [9.17, 15) is 0 Å². The van der Waals surface area contributed by atoms with E-state index in [-0.39, 0.29) is 0 Å². The van der Waals surface area contributed by atoms with E-state index in [4.69, 9.17) is 14.2 Å². The van der Waals surface area contributed by atoms with Gasteiger partial charge in [-0.15, -0.1) is 0 Å². The molecule has 0 atom stereocenters. The minimum atomic E-state index is 0.682. The molecule has 0 amide bonds. The zero-order valence-corrected chi connectivity index (χ0v) is 11.5. The summed E-state index contributed by atoms with van der Waals surface area (Å²) >= 11 is 0. The Hall–Kier alpha value is -1.46. The highest BCUT2D eigenvalue weighted by molar-refractivity contribution is 5.50. The van der Waals surface area contributed by atoms with Gasteiger partial charge in [0.15, 0.2) is 11.5 Å². The normalized spacial score (nSPS) is 10.2. The molecule has 0 aliphatic rings. The third-order valence-electron chi connectivity index (χ3n) is 2.66. The fourth-order valence-electron chi connectivity index (χ4n) is 1.72. The summed E-state index contributed by atoms with van der Waals surface area (Å²) < 4.78 is 15.9. The summed E-state index contributed by atoms with van der Waals surface area (Å²) in [7, 11) is 6.81. The van der Waals surface area contributed by atoms with E-state index in [0.29, 0.717) is 5.75 Å². The van der Waals surface area contributed by atoms with Gasteiger partial charge in [0.05, 0.1) is 21.3 Å². The van der Waals surface area contributed by atoms with Crippen molar-refractivity contribution in [3.8, 4) is 17.2 Å². The maximum Gasteiger partial charge on any atom is 0.164 e. The molecule has 0 heterocycles. The lowest BCUT2D eigenvalue weighted by Gasteiger charge is -2.14. The third-order valence-corrected chi connectivity index (χ3v) is 2.66. The first-order chi connectivity index (χ1) is 8.76.